The molecule has 0 saturated carbocycles. The monoisotopic (exact) mass is 324 g/mol. The number of aromatic amines is 1. The number of halogens is 1. The van der Waals surface area contributed by atoms with Crippen LogP contribution in [0.1, 0.15) is 11.4 Å². The van der Waals surface area contributed by atoms with E-state index >= 15 is 0 Å². The van der Waals surface area contributed by atoms with Crippen LogP contribution in [0.2, 0.25) is 0 Å². The summed E-state index contributed by atoms with van der Waals surface area (Å²) in [6.07, 6.45) is 0. The first-order chi connectivity index (χ1) is 9.22. The largest absolute Gasteiger partial charge is 0.486 e. The van der Waals surface area contributed by atoms with Crippen LogP contribution in [0.5, 0.6) is 11.5 Å². The van der Waals surface area contributed by atoms with Crippen LogP contribution < -0.4 is 14.8 Å². The van der Waals surface area contributed by atoms with Crippen LogP contribution in [-0.4, -0.2) is 28.4 Å². The van der Waals surface area contributed by atoms with Crippen molar-refractivity contribution >= 4 is 21.9 Å². The minimum absolute atomic E-state index is 0.580. The summed E-state index contributed by atoms with van der Waals surface area (Å²) >= 11 is 3.49. The Hall–Kier alpha value is -1.76. The minimum atomic E-state index is 0.580. The van der Waals surface area contributed by atoms with E-state index < -0.39 is 0 Å². The molecule has 0 fully saturated rings. The average molecular weight is 325 g/mol. The predicted octanol–water partition coefficient (Wildman–Crippen LogP) is 2.26. The highest BCUT2D eigenvalue weighted by molar-refractivity contribution is 9.10. The predicted molar refractivity (Wildman–Crippen MR) is 73.6 cm³/mol. The molecule has 7 heteroatoms. The Morgan fingerprint density at radius 1 is 1.37 bits per heavy atom. The maximum atomic E-state index is 5.58. The van der Waals surface area contributed by atoms with Crippen LogP contribution >= 0.6 is 15.9 Å². The number of aryl methyl sites for hydroxylation is 1. The van der Waals surface area contributed by atoms with Gasteiger partial charge in [0.05, 0.1) is 4.47 Å². The zero-order valence-electron chi connectivity index (χ0n) is 10.4. The molecule has 0 radical (unpaired) electrons. The van der Waals surface area contributed by atoms with Crippen LogP contribution in [0.3, 0.4) is 0 Å². The second kappa shape index (κ2) is 5.08. The number of nitrogens with zero attached hydrogens (tertiary/aromatic N) is 2. The molecule has 0 bridgehead atoms. The Kier molecular flexibility index (Phi) is 3.29. The van der Waals surface area contributed by atoms with Gasteiger partial charge in [0, 0.05) is 6.54 Å². The fourth-order valence-corrected chi connectivity index (χ4v) is 2.47. The first kappa shape index (κ1) is 12.3. The summed E-state index contributed by atoms with van der Waals surface area (Å²) in [5.74, 6) is 2.90. The molecule has 0 aliphatic carbocycles. The van der Waals surface area contributed by atoms with Crippen molar-refractivity contribution in [1.29, 1.82) is 0 Å². The molecule has 1 aliphatic heterocycles. The molecule has 0 unspecified atom stereocenters. The zero-order valence-corrected chi connectivity index (χ0v) is 12.0. The van der Waals surface area contributed by atoms with Crippen molar-refractivity contribution in [2.45, 2.75) is 13.5 Å². The lowest BCUT2D eigenvalue weighted by molar-refractivity contribution is 0.170. The number of fused-ring (bicyclic) bond motifs is 1. The second-order valence-corrected chi connectivity index (χ2v) is 5.05. The molecule has 19 heavy (non-hydrogen) atoms. The van der Waals surface area contributed by atoms with E-state index in [1.54, 1.807) is 0 Å². The lowest BCUT2D eigenvalue weighted by atomic mass is 10.2. The van der Waals surface area contributed by atoms with Gasteiger partial charge in [0.1, 0.15) is 19.0 Å². The van der Waals surface area contributed by atoms with Gasteiger partial charge in [-0.3, -0.25) is 5.10 Å². The summed E-state index contributed by atoms with van der Waals surface area (Å²) in [4.78, 5) is 4.19. The van der Waals surface area contributed by atoms with Crippen molar-refractivity contribution in [2.75, 3.05) is 18.5 Å². The molecular formula is C12H13BrN4O2. The average Bonchev–Trinajstić information content (AvgIpc) is 2.82. The SMILES string of the molecule is Cc1nc(NCc2cc(Br)c3c(c2)OCCO3)n[nH]1. The van der Waals surface area contributed by atoms with Gasteiger partial charge >= 0.3 is 0 Å². The van der Waals surface area contributed by atoms with E-state index in [1.165, 1.54) is 0 Å². The molecule has 2 aromatic rings. The van der Waals surface area contributed by atoms with Crippen molar-refractivity contribution < 1.29 is 9.47 Å². The van der Waals surface area contributed by atoms with Crippen LogP contribution in [0.25, 0.3) is 0 Å². The third-order valence-electron chi connectivity index (χ3n) is 2.70. The van der Waals surface area contributed by atoms with Gasteiger partial charge in [-0.15, -0.1) is 5.10 Å². The molecule has 1 aromatic heterocycles. The molecule has 2 heterocycles. The molecule has 0 atom stereocenters. The Bertz CT molecular complexity index is 599. The Balaban J connectivity index is 1.76. The summed E-state index contributed by atoms with van der Waals surface area (Å²) in [6, 6.07) is 3.96. The Labute approximate surface area is 118 Å². The van der Waals surface area contributed by atoms with Gasteiger partial charge in [-0.1, -0.05) is 0 Å². The molecule has 2 N–H and O–H groups in total. The van der Waals surface area contributed by atoms with Crippen molar-refractivity contribution in [2.24, 2.45) is 0 Å². The van der Waals surface area contributed by atoms with Gasteiger partial charge in [0.15, 0.2) is 11.5 Å². The number of benzene rings is 1. The van der Waals surface area contributed by atoms with Gasteiger partial charge in [-0.05, 0) is 40.5 Å². The maximum absolute atomic E-state index is 5.58. The highest BCUT2D eigenvalue weighted by atomic mass is 79.9. The number of hydrogen-bond donors (Lipinski definition) is 2. The molecule has 3 rings (SSSR count). The molecule has 0 amide bonds. The van der Waals surface area contributed by atoms with Crippen molar-refractivity contribution in [3.05, 3.63) is 28.0 Å². The van der Waals surface area contributed by atoms with E-state index in [4.69, 9.17) is 9.47 Å². The normalized spacial score (nSPS) is 13.4. The number of anilines is 1. The lowest BCUT2D eigenvalue weighted by Gasteiger charge is -2.20. The summed E-state index contributed by atoms with van der Waals surface area (Å²) in [6.45, 7) is 3.64. The fraction of sp³-hybridized carbons (Fsp3) is 0.333. The summed E-state index contributed by atoms with van der Waals surface area (Å²) in [7, 11) is 0. The molecule has 0 saturated heterocycles. The maximum Gasteiger partial charge on any atom is 0.242 e. The smallest absolute Gasteiger partial charge is 0.242 e. The van der Waals surface area contributed by atoms with Crippen molar-refractivity contribution in [3.63, 3.8) is 0 Å². The molecule has 1 aromatic carbocycles. The zero-order chi connectivity index (χ0) is 13.2. The van der Waals surface area contributed by atoms with E-state index in [0.717, 1.165) is 27.4 Å². The Morgan fingerprint density at radius 3 is 3.00 bits per heavy atom. The number of H-pyrrole nitrogens is 1. The molecule has 6 nitrogen and oxygen atoms in total. The third-order valence-corrected chi connectivity index (χ3v) is 3.29. The number of ether oxygens (including phenoxy) is 2. The van der Waals surface area contributed by atoms with Crippen LogP contribution in [-0.2, 0) is 6.54 Å². The lowest BCUT2D eigenvalue weighted by Crippen LogP contribution is -2.16. The number of hydrogen-bond acceptors (Lipinski definition) is 5. The molecular weight excluding hydrogens is 312 g/mol. The van der Waals surface area contributed by atoms with Gasteiger partial charge in [0.2, 0.25) is 5.95 Å². The van der Waals surface area contributed by atoms with Crippen molar-refractivity contribution in [3.8, 4) is 11.5 Å². The van der Waals surface area contributed by atoms with Crippen molar-refractivity contribution in [1.82, 2.24) is 15.2 Å². The fourth-order valence-electron chi connectivity index (χ4n) is 1.87. The molecule has 1 aliphatic rings. The van der Waals surface area contributed by atoms with Gasteiger partial charge in [-0.25, -0.2) is 0 Å². The van der Waals surface area contributed by atoms with Gasteiger partial charge in [0.25, 0.3) is 0 Å². The van der Waals surface area contributed by atoms with Crippen LogP contribution in [0.15, 0.2) is 16.6 Å². The van der Waals surface area contributed by atoms with Gasteiger partial charge in [-0.2, -0.15) is 4.98 Å². The van der Waals surface area contributed by atoms with E-state index in [1.807, 2.05) is 19.1 Å². The minimum Gasteiger partial charge on any atom is -0.486 e. The van der Waals surface area contributed by atoms with Gasteiger partial charge < -0.3 is 14.8 Å². The number of rotatable bonds is 3. The van der Waals surface area contributed by atoms with E-state index in [2.05, 4.69) is 36.4 Å². The number of nitrogens with one attached hydrogen (secondary N) is 2. The molecule has 100 valence electrons. The van der Waals surface area contributed by atoms with Crippen LogP contribution in [0, 0.1) is 6.92 Å². The third kappa shape index (κ3) is 2.65. The summed E-state index contributed by atoms with van der Waals surface area (Å²) in [5, 5.41) is 9.96. The van der Waals surface area contributed by atoms with E-state index in [0.29, 0.717) is 25.7 Å². The number of aromatic nitrogens is 3. The summed E-state index contributed by atoms with van der Waals surface area (Å²) in [5.41, 5.74) is 1.07. The molecule has 0 spiro atoms. The van der Waals surface area contributed by atoms with E-state index in [9.17, 15) is 0 Å². The first-order valence-corrected chi connectivity index (χ1v) is 6.72. The highest BCUT2D eigenvalue weighted by Gasteiger charge is 2.16. The first-order valence-electron chi connectivity index (χ1n) is 5.93. The standard InChI is InChI=1S/C12H13BrN4O2/c1-7-15-12(17-16-7)14-6-8-4-9(13)11-10(5-8)18-2-3-19-11/h4-5H,2-3,6H2,1H3,(H2,14,15,16,17). The summed E-state index contributed by atoms with van der Waals surface area (Å²) < 4.78 is 12.0. The van der Waals surface area contributed by atoms with E-state index in [-0.39, 0.29) is 0 Å². The topological polar surface area (TPSA) is 72.1 Å². The second-order valence-electron chi connectivity index (χ2n) is 4.20. The highest BCUT2D eigenvalue weighted by Crippen LogP contribution is 2.38. The Morgan fingerprint density at radius 2 is 2.21 bits per heavy atom. The quantitative estimate of drug-likeness (QED) is 0.906. The van der Waals surface area contributed by atoms with Crippen LogP contribution in [0.4, 0.5) is 5.95 Å².